The van der Waals surface area contributed by atoms with Gasteiger partial charge in [-0.3, -0.25) is 9.59 Å². The number of benzene rings is 2. The maximum absolute atomic E-state index is 12.6. The molecule has 25 heavy (non-hydrogen) atoms. The second kappa shape index (κ2) is 7.68. The molecule has 130 valence electrons. The van der Waals surface area contributed by atoms with Gasteiger partial charge in [0.2, 0.25) is 5.91 Å². The molecule has 1 aliphatic heterocycles. The van der Waals surface area contributed by atoms with Gasteiger partial charge in [-0.05, 0) is 48.9 Å². The molecular weight excluding hydrogens is 340 g/mol. The van der Waals surface area contributed by atoms with Crippen molar-refractivity contribution in [3.63, 3.8) is 0 Å². The number of amides is 2. The Bertz CT molecular complexity index is 759. The van der Waals surface area contributed by atoms with Gasteiger partial charge in [-0.2, -0.15) is 0 Å². The minimum absolute atomic E-state index is 0.152. The highest BCUT2D eigenvalue weighted by atomic mass is 35.5. The number of ether oxygens (including phenoxy) is 1. The first-order valence-corrected chi connectivity index (χ1v) is 8.53. The van der Waals surface area contributed by atoms with Crippen molar-refractivity contribution in [3.05, 3.63) is 59.1 Å². The summed E-state index contributed by atoms with van der Waals surface area (Å²) in [7, 11) is 0. The monoisotopic (exact) mass is 358 g/mol. The summed E-state index contributed by atoms with van der Waals surface area (Å²) >= 11 is 5.86. The summed E-state index contributed by atoms with van der Waals surface area (Å²) in [5, 5.41) is 3.81. The van der Waals surface area contributed by atoms with Crippen molar-refractivity contribution in [1.29, 1.82) is 0 Å². The minimum atomic E-state index is -0.519. The van der Waals surface area contributed by atoms with Gasteiger partial charge < -0.3 is 10.1 Å². The van der Waals surface area contributed by atoms with Crippen LogP contribution in [-0.2, 0) is 16.1 Å². The van der Waals surface area contributed by atoms with Crippen molar-refractivity contribution >= 4 is 29.1 Å². The van der Waals surface area contributed by atoms with E-state index in [4.69, 9.17) is 16.3 Å². The molecule has 0 saturated carbocycles. The molecule has 0 aromatic heterocycles. The van der Waals surface area contributed by atoms with Crippen LogP contribution < -0.4 is 15.0 Å². The summed E-state index contributed by atoms with van der Waals surface area (Å²) < 4.78 is 5.38. The van der Waals surface area contributed by atoms with E-state index in [-0.39, 0.29) is 18.2 Å². The highest BCUT2D eigenvalue weighted by molar-refractivity contribution is 6.30. The van der Waals surface area contributed by atoms with E-state index in [2.05, 4.69) is 5.32 Å². The molecule has 1 unspecified atom stereocenters. The Kier molecular flexibility index (Phi) is 5.36. The normalized spacial score (nSPS) is 17.2. The van der Waals surface area contributed by atoms with Crippen molar-refractivity contribution in [2.24, 2.45) is 0 Å². The molecule has 1 heterocycles. The predicted molar refractivity (Wildman–Crippen MR) is 96.8 cm³/mol. The molecule has 6 heteroatoms. The van der Waals surface area contributed by atoms with Crippen molar-refractivity contribution in [2.75, 3.05) is 11.5 Å². The number of nitrogens with zero attached hydrogens (tertiary/aromatic N) is 1. The third-order valence-electron chi connectivity index (χ3n) is 4.02. The number of rotatable bonds is 6. The molecule has 1 fully saturated rings. The second-order valence-electron chi connectivity index (χ2n) is 5.76. The van der Waals surface area contributed by atoms with Crippen LogP contribution in [0, 0.1) is 0 Å². The lowest BCUT2D eigenvalue weighted by Gasteiger charge is -2.16. The van der Waals surface area contributed by atoms with Gasteiger partial charge in [-0.25, -0.2) is 4.90 Å². The van der Waals surface area contributed by atoms with Crippen LogP contribution in [0.4, 0.5) is 5.69 Å². The van der Waals surface area contributed by atoms with Gasteiger partial charge in [-0.15, -0.1) is 0 Å². The fraction of sp³-hybridized carbons (Fsp3) is 0.263. The molecule has 5 nitrogen and oxygen atoms in total. The van der Waals surface area contributed by atoms with Gasteiger partial charge in [0.1, 0.15) is 5.75 Å². The number of hydrogen-bond donors (Lipinski definition) is 1. The molecule has 0 spiro atoms. The standard InChI is InChI=1S/C19H19ClN2O3/c1-2-25-16-9-7-15(8-10-16)22-18(23)11-17(19(22)24)21-12-13-3-5-14(20)6-4-13/h3-10,17,21H,2,11-12H2,1H3. The Morgan fingerprint density at radius 2 is 1.80 bits per heavy atom. The number of hydrogen-bond acceptors (Lipinski definition) is 4. The van der Waals surface area contributed by atoms with E-state index in [0.29, 0.717) is 29.6 Å². The van der Waals surface area contributed by atoms with Crippen LogP contribution in [0.15, 0.2) is 48.5 Å². The topological polar surface area (TPSA) is 58.6 Å². The fourth-order valence-electron chi connectivity index (χ4n) is 2.76. The maximum atomic E-state index is 12.6. The van der Waals surface area contributed by atoms with Crippen LogP contribution in [0.1, 0.15) is 18.9 Å². The molecule has 0 aliphatic carbocycles. The van der Waals surface area contributed by atoms with Crippen molar-refractivity contribution in [1.82, 2.24) is 5.32 Å². The molecule has 2 aromatic rings. The lowest BCUT2D eigenvalue weighted by Crippen LogP contribution is -2.38. The number of nitrogens with one attached hydrogen (secondary N) is 1. The first-order valence-electron chi connectivity index (χ1n) is 8.16. The van der Waals surface area contributed by atoms with Crippen LogP contribution >= 0.6 is 11.6 Å². The molecule has 2 aromatic carbocycles. The van der Waals surface area contributed by atoms with Gasteiger partial charge in [-0.1, -0.05) is 23.7 Å². The van der Waals surface area contributed by atoms with E-state index in [9.17, 15) is 9.59 Å². The van der Waals surface area contributed by atoms with Gasteiger partial charge in [0.25, 0.3) is 5.91 Å². The number of imide groups is 1. The number of carbonyl (C=O) groups is 2. The zero-order valence-electron chi connectivity index (χ0n) is 13.9. The van der Waals surface area contributed by atoms with Crippen molar-refractivity contribution in [3.8, 4) is 5.75 Å². The van der Waals surface area contributed by atoms with Crippen LogP contribution in [0.5, 0.6) is 5.75 Å². The number of anilines is 1. The van der Waals surface area contributed by atoms with Crippen LogP contribution in [0.2, 0.25) is 5.02 Å². The molecule has 2 amide bonds. The molecule has 1 atom stereocenters. The first-order chi connectivity index (χ1) is 12.1. The van der Waals surface area contributed by atoms with E-state index >= 15 is 0 Å². The Morgan fingerprint density at radius 1 is 1.12 bits per heavy atom. The van der Waals surface area contributed by atoms with Gasteiger partial charge in [0.05, 0.1) is 24.8 Å². The Hall–Kier alpha value is -2.37. The third-order valence-corrected chi connectivity index (χ3v) is 4.27. The summed E-state index contributed by atoms with van der Waals surface area (Å²) in [6, 6.07) is 13.8. The predicted octanol–water partition coefficient (Wildman–Crippen LogP) is 3.16. The highest BCUT2D eigenvalue weighted by Gasteiger charge is 2.39. The quantitative estimate of drug-likeness (QED) is 0.806. The van der Waals surface area contributed by atoms with Gasteiger partial charge in [0, 0.05) is 11.6 Å². The van der Waals surface area contributed by atoms with Crippen LogP contribution in [-0.4, -0.2) is 24.5 Å². The van der Waals surface area contributed by atoms with Gasteiger partial charge >= 0.3 is 0 Å². The summed E-state index contributed by atoms with van der Waals surface area (Å²) in [6.45, 7) is 2.97. The number of carbonyl (C=O) groups excluding carboxylic acids is 2. The largest absolute Gasteiger partial charge is 0.494 e. The second-order valence-corrected chi connectivity index (χ2v) is 6.19. The first kappa shape index (κ1) is 17.5. The average Bonchev–Trinajstić information content (AvgIpc) is 2.89. The minimum Gasteiger partial charge on any atom is -0.494 e. The zero-order chi connectivity index (χ0) is 17.8. The summed E-state index contributed by atoms with van der Waals surface area (Å²) in [6.07, 6.45) is 0.152. The lowest BCUT2D eigenvalue weighted by molar-refractivity contribution is -0.121. The van der Waals surface area contributed by atoms with E-state index in [0.717, 1.165) is 5.56 Å². The molecule has 1 saturated heterocycles. The zero-order valence-corrected chi connectivity index (χ0v) is 14.6. The van der Waals surface area contributed by atoms with E-state index < -0.39 is 6.04 Å². The smallest absolute Gasteiger partial charge is 0.251 e. The molecule has 0 radical (unpaired) electrons. The average molecular weight is 359 g/mol. The van der Waals surface area contributed by atoms with Crippen LogP contribution in [0.25, 0.3) is 0 Å². The Balaban J connectivity index is 1.66. The summed E-state index contributed by atoms with van der Waals surface area (Å²) in [4.78, 5) is 26.1. The SMILES string of the molecule is CCOc1ccc(N2C(=O)CC(NCc3ccc(Cl)cc3)C2=O)cc1. The maximum Gasteiger partial charge on any atom is 0.251 e. The third kappa shape index (κ3) is 4.00. The van der Waals surface area contributed by atoms with E-state index in [1.807, 2.05) is 19.1 Å². The molecule has 1 aliphatic rings. The van der Waals surface area contributed by atoms with Crippen molar-refractivity contribution in [2.45, 2.75) is 25.9 Å². The van der Waals surface area contributed by atoms with Gasteiger partial charge in [0.15, 0.2) is 0 Å². The van der Waals surface area contributed by atoms with Crippen LogP contribution in [0.3, 0.4) is 0 Å². The molecular formula is C19H19ClN2O3. The van der Waals surface area contributed by atoms with E-state index in [1.165, 1.54) is 4.90 Å². The summed E-state index contributed by atoms with van der Waals surface area (Å²) in [5.41, 5.74) is 1.57. The van der Waals surface area contributed by atoms with Crippen molar-refractivity contribution < 1.29 is 14.3 Å². The Labute approximate surface area is 151 Å². The Morgan fingerprint density at radius 3 is 2.44 bits per heavy atom. The number of halogens is 1. The molecule has 1 N–H and O–H groups in total. The highest BCUT2D eigenvalue weighted by Crippen LogP contribution is 2.25. The lowest BCUT2D eigenvalue weighted by atomic mass is 10.2. The van der Waals surface area contributed by atoms with E-state index in [1.54, 1.807) is 36.4 Å². The fourth-order valence-corrected chi connectivity index (χ4v) is 2.89. The molecule has 3 rings (SSSR count). The molecule has 0 bridgehead atoms. The summed E-state index contributed by atoms with van der Waals surface area (Å²) in [5.74, 6) is 0.272.